The maximum absolute atomic E-state index is 11.7. The van der Waals surface area contributed by atoms with Gasteiger partial charge in [0.2, 0.25) is 5.91 Å². The van der Waals surface area contributed by atoms with Crippen molar-refractivity contribution in [1.82, 2.24) is 4.90 Å². The van der Waals surface area contributed by atoms with E-state index < -0.39 is 0 Å². The van der Waals surface area contributed by atoms with Gasteiger partial charge >= 0.3 is 5.97 Å². The molecule has 1 aliphatic rings. The number of nitrogens with zero attached hydrogens (tertiary/aromatic N) is 1. The van der Waals surface area contributed by atoms with E-state index >= 15 is 0 Å². The molecule has 0 aromatic heterocycles. The Kier molecular flexibility index (Phi) is 5.93. The number of methoxy groups -OCH3 is 2. The van der Waals surface area contributed by atoms with E-state index in [0.717, 1.165) is 0 Å². The van der Waals surface area contributed by atoms with Gasteiger partial charge in [-0.25, -0.2) is 0 Å². The van der Waals surface area contributed by atoms with Crippen molar-refractivity contribution >= 4 is 11.9 Å². The summed E-state index contributed by atoms with van der Waals surface area (Å²) in [6, 6.07) is 0. The molecule has 0 saturated carbocycles. The van der Waals surface area contributed by atoms with Crippen LogP contribution in [0.3, 0.4) is 0 Å². The third-order valence-electron chi connectivity index (χ3n) is 2.73. The molecule has 98 valence electrons. The van der Waals surface area contributed by atoms with Crippen LogP contribution >= 0.6 is 0 Å². The Morgan fingerprint density at radius 2 is 2.06 bits per heavy atom. The smallest absolute Gasteiger partial charge is 0.310 e. The quantitative estimate of drug-likeness (QED) is 0.473. The van der Waals surface area contributed by atoms with E-state index in [1.165, 1.54) is 7.11 Å². The first-order valence-electron chi connectivity index (χ1n) is 5.61. The van der Waals surface area contributed by atoms with Crippen LogP contribution in [-0.4, -0.2) is 63.9 Å². The van der Waals surface area contributed by atoms with E-state index in [0.29, 0.717) is 32.7 Å². The standard InChI is InChI=1S/C11H19NO5/c1-15-5-6-17-8-10(13)12-4-3-9(7-12)11(14)16-2/h9H,3-8H2,1-2H3. The van der Waals surface area contributed by atoms with Gasteiger partial charge in [0.15, 0.2) is 0 Å². The summed E-state index contributed by atoms with van der Waals surface area (Å²) >= 11 is 0. The summed E-state index contributed by atoms with van der Waals surface area (Å²) in [4.78, 5) is 24.6. The van der Waals surface area contributed by atoms with Crippen LogP contribution in [0.25, 0.3) is 0 Å². The summed E-state index contributed by atoms with van der Waals surface area (Å²) < 4.78 is 14.6. The van der Waals surface area contributed by atoms with Crippen molar-refractivity contribution in [3.63, 3.8) is 0 Å². The van der Waals surface area contributed by atoms with E-state index in [2.05, 4.69) is 4.74 Å². The Bertz CT molecular complexity index is 269. The minimum absolute atomic E-state index is 0.0389. The lowest BCUT2D eigenvalue weighted by Crippen LogP contribution is -2.33. The molecule has 0 aromatic rings. The highest BCUT2D eigenvalue weighted by atomic mass is 16.5. The fourth-order valence-electron chi connectivity index (χ4n) is 1.74. The van der Waals surface area contributed by atoms with Crippen molar-refractivity contribution in [3.05, 3.63) is 0 Å². The normalized spacial score (nSPS) is 19.4. The Morgan fingerprint density at radius 3 is 2.71 bits per heavy atom. The number of hydrogen-bond donors (Lipinski definition) is 0. The van der Waals surface area contributed by atoms with E-state index in [9.17, 15) is 9.59 Å². The fourth-order valence-corrected chi connectivity index (χ4v) is 1.74. The van der Waals surface area contributed by atoms with Crippen molar-refractivity contribution in [2.75, 3.05) is 47.1 Å². The molecule has 1 fully saturated rings. The maximum atomic E-state index is 11.7. The molecular formula is C11H19NO5. The first kappa shape index (κ1) is 13.9. The number of carbonyl (C=O) groups is 2. The van der Waals surface area contributed by atoms with E-state index in [-0.39, 0.29) is 24.4 Å². The zero-order valence-corrected chi connectivity index (χ0v) is 10.3. The molecule has 1 rings (SSSR count). The lowest BCUT2D eigenvalue weighted by atomic mass is 10.1. The fraction of sp³-hybridized carbons (Fsp3) is 0.818. The summed E-state index contributed by atoms with van der Waals surface area (Å²) in [5.74, 6) is -0.531. The van der Waals surface area contributed by atoms with Crippen LogP contribution in [0.5, 0.6) is 0 Å². The largest absolute Gasteiger partial charge is 0.469 e. The highest BCUT2D eigenvalue weighted by Gasteiger charge is 2.31. The second-order valence-corrected chi connectivity index (χ2v) is 3.89. The predicted molar refractivity (Wildman–Crippen MR) is 59.4 cm³/mol. The highest BCUT2D eigenvalue weighted by Crippen LogP contribution is 2.17. The van der Waals surface area contributed by atoms with Gasteiger partial charge in [-0.05, 0) is 6.42 Å². The second-order valence-electron chi connectivity index (χ2n) is 3.89. The lowest BCUT2D eigenvalue weighted by molar-refractivity contribution is -0.145. The van der Waals surface area contributed by atoms with Gasteiger partial charge < -0.3 is 19.1 Å². The Balaban J connectivity index is 2.23. The molecule has 0 aromatic carbocycles. The summed E-state index contributed by atoms with van der Waals surface area (Å²) in [7, 11) is 2.94. The third-order valence-corrected chi connectivity index (χ3v) is 2.73. The Hall–Kier alpha value is -1.14. The molecule has 1 atom stereocenters. The van der Waals surface area contributed by atoms with Gasteiger partial charge in [-0.15, -0.1) is 0 Å². The minimum Gasteiger partial charge on any atom is -0.469 e. The minimum atomic E-state index is -0.249. The SMILES string of the molecule is COCCOCC(=O)N1CCC(C(=O)OC)C1. The molecule has 6 heteroatoms. The van der Waals surface area contributed by atoms with Crippen molar-refractivity contribution in [2.45, 2.75) is 6.42 Å². The van der Waals surface area contributed by atoms with Gasteiger partial charge in [-0.1, -0.05) is 0 Å². The molecular weight excluding hydrogens is 226 g/mol. The first-order chi connectivity index (χ1) is 8.19. The van der Waals surface area contributed by atoms with Crippen LogP contribution in [-0.2, 0) is 23.8 Å². The predicted octanol–water partition coefficient (Wildman–Crippen LogP) is -0.329. The van der Waals surface area contributed by atoms with Crippen LogP contribution in [0.2, 0.25) is 0 Å². The van der Waals surface area contributed by atoms with Gasteiger partial charge in [0.1, 0.15) is 6.61 Å². The first-order valence-corrected chi connectivity index (χ1v) is 5.61. The van der Waals surface area contributed by atoms with Crippen molar-refractivity contribution in [2.24, 2.45) is 5.92 Å². The number of hydrogen-bond acceptors (Lipinski definition) is 5. The molecule has 1 amide bonds. The van der Waals surface area contributed by atoms with Gasteiger partial charge in [0.05, 0.1) is 26.2 Å². The van der Waals surface area contributed by atoms with Crippen LogP contribution in [0, 0.1) is 5.92 Å². The van der Waals surface area contributed by atoms with E-state index in [1.54, 1.807) is 12.0 Å². The number of esters is 1. The molecule has 6 nitrogen and oxygen atoms in total. The van der Waals surface area contributed by atoms with Crippen molar-refractivity contribution < 1.29 is 23.8 Å². The zero-order chi connectivity index (χ0) is 12.7. The van der Waals surface area contributed by atoms with Crippen LogP contribution in [0.15, 0.2) is 0 Å². The molecule has 0 N–H and O–H groups in total. The van der Waals surface area contributed by atoms with Crippen molar-refractivity contribution in [3.8, 4) is 0 Å². The van der Waals surface area contributed by atoms with E-state index in [1.807, 2.05) is 0 Å². The van der Waals surface area contributed by atoms with Gasteiger partial charge in [0, 0.05) is 20.2 Å². The molecule has 1 unspecified atom stereocenters. The third kappa shape index (κ3) is 4.32. The molecule has 0 radical (unpaired) electrons. The summed E-state index contributed by atoms with van der Waals surface area (Å²) in [6.45, 7) is 1.93. The molecule has 1 heterocycles. The molecule has 17 heavy (non-hydrogen) atoms. The molecule has 0 aliphatic carbocycles. The highest BCUT2D eigenvalue weighted by molar-refractivity contribution is 5.80. The summed E-state index contributed by atoms with van der Waals surface area (Å²) in [5, 5.41) is 0. The zero-order valence-electron chi connectivity index (χ0n) is 10.3. The van der Waals surface area contributed by atoms with Crippen LogP contribution in [0.1, 0.15) is 6.42 Å². The average molecular weight is 245 g/mol. The van der Waals surface area contributed by atoms with Gasteiger partial charge in [0.25, 0.3) is 0 Å². The number of rotatable bonds is 6. The van der Waals surface area contributed by atoms with Crippen molar-refractivity contribution in [1.29, 1.82) is 0 Å². The number of ether oxygens (including phenoxy) is 3. The molecule has 1 saturated heterocycles. The van der Waals surface area contributed by atoms with Gasteiger partial charge in [-0.2, -0.15) is 0 Å². The number of likely N-dealkylation sites (tertiary alicyclic amines) is 1. The van der Waals surface area contributed by atoms with Gasteiger partial charge in [-0.3, -0.25) is 9.59 Å². The topological polar surface area (TPSA) is 65.1 Å². The molecule has 0 bridgehead atoms. The summed E-state index contributed by atoms with van der Waals surface area (Å²) in [6.07, 6.45) is 0.663. The average Bonchev–Trinajstić information content (AvgIpc) is 2.83. The molecule has 0 spiro atoms. The van der Waals surface area contributed by atoms with Crippen LogP contribution in [0.4, 0.5) is 0 Å². The monoisotopic (exact) mass is 245 g/mol. The maximum Gasteiger partial charge on any atom is 0.310 e. The van der Waals surface area contributed by atoms with Crippen LogP contribution < -0.4 is 0 Å². The number of amides is 1. The lowest BCUT2D eigenvalue weighted by Gasteiger charge is -2.15. The Morgan fingerprint density at radius 1 is 1.29 bits per heavy atom. The molecule has 1 aliphatic heterocycles. The summed E-state index contributed by atoms with van der Waals surface area (Å²) in [5.41, 5.74) is 0. The second kappa shape index (κ2) is 7.24. The van der Waals surface area contributed by atoms with E-state index in [4.69, 9.17) is 9.47 Å². The number of carbonyl (C=O) groups excluding carboxylic acids is 2. The Labute approximate surface area is 101 Å².